The minimum absolute atomic E-state index is 0.00692. The molecule has 0 radical (unpaired) electrons. The van der Waals surface area contributed by atoms with Gasteiger partial charge >= 0.3 is 0 Å². The molecule has 0 N–H and O–H groups in total. The summed E-state index contributed by atoms with van der Waals surface area (Å²) < 4.78 is 10.5. The van der Waals surface area contributed by atoms with E-state index in [0.29, 0.717) is 49.9 Å². The normalized spacial score (nSPS) is 14.6. The Morgan fingerprint density at radius 1 is 0.960 bits per heavy atom. The number of rotatable bonds is 4. The fourth-order valence-electron chi connectivity index (χ4n) is 2.86. The fourth-order valence-corrected chi connectivity index (χ4v) is 2.86. The molecule has 0 unspecified atom stereocenters. The molecular formula is C19H22N2O4. The molecule has 1 aliphatic heterocycles. The Hall–Kier alpha value is -2.60. The highest BCUT2D eigenvalue weighted by atomic mass is 16.5. The van der Waals surface area contributed by atoms with Crippen molar-refractivity contribution in [3.63, 3.8) is 0 Å². The van der Waals surface area contributed by atoms with E-state index in [1.54, 1.807) is 29.0 Å². The molecule has 1 fully saturated rings. The number of carbonyl (C=O) groups is 2. The lowest BCUT2D eigenvalue weighted by atomic mass is 10.1. The third-order valence-corrected chi connectivity index (χ3v) is 4.31. The number of benzene rings is 1. The summed E-state index contributed by atoms with van der Waals surface area (Å²) in [5, 5.41) is 0. The summed E-state index contributed by atoms with van der Waals surface area (Å²) >= 11 is 0. The summed E-state index contributed by atoms with van der Waals surface area (Å²) in [6, 6.07) is 11.0. The van der Waals surface area contributed by atoms with Crippen molar-refractivity contribution in [2.24, 2.45) is 0 Å². The topological polar surface area (TPSA) is 63.0 Å². The molecule has 132 valence electrons. The van der Waals surface area contributed by atoms with Crippen molar-refractivity contribution >= 4 is 11.8 Å². The Bertz CT molecular complexity index is 743. The standard InChI is InChI=1S/C19H22N2O4/c1-14-3-5-15(6-4-14)18(22)20-9-11-21(12-10-20)19(23)17-8-7-16(25-17)13-24-2/h3-8H,9-13H2,1-2H3. The van der Waals surface area contributed by atoms with E-state index in [-0.39, 0.29) is 11.8 Å². The Balaban J connectivity index is 1.58. The van der Waals surface area contributed by atoms with E-state index in [9.17, 15) is 9.59 Å². The van der Waals surface area contributed by atoms with Crippen LogP contribution >= 0.6 is 0 Å². The van der Waals surface area contributed by atoms with E-state index in [1.807, 2.05) is 31.2 Å². The molecule has 0 atom stereocenters. The number of hydrogen-bond donors (Lipinski definition) is 0. The molecule has 1 saturated heterocycles. The predicted molar refractivity (Wildman–Crippen MR) is 92.4 cm³/mol. The van der Waals surface area contributed by atoms with Crippen LogP contribution in [0.4, 0.5) is 0 Å². The first-order chi connectivity index (χ1) is 12.1. The molecule has 0 aliphatic carbocycles. The van der Waals surface area contributed by atoms with Crippen LogP contribution in [0.15, 0.2) is 40.8 Å². The van der Waals surface area contributed by atoms with Crippen molar-refractivity contribution in [3.05, 3.63) is 59.0 Å². The van der Waals surface area contributed by atoms with Crippen LogP contribution in [0.5, 0.6) is 0 Å². The summed E-state index contributed by atoms with van der Waals surface area (Å²) in [5.41, 5.74) is 1.80. The highest BCUT2D eigenvalue weighted by Gasteiger charge is 2.26. The molecule has 2 amide bonds. The molecule has 0 spiro atoms. The first kappa shape index (κ1) is 17.2. The maximum Gasteiger partial charge on any atom is 0.289 e. The second-order valence-electron chi connectivity index (χ2n) is 6.15. The Morgan fingerprint density at radius 2 is 1.56 bits per heavy atom. The number of nitrogens with zero attached hydrogens (tertiary/aromatic N) is 2. The summed E-state index contributed by atoms with van der Waals surface area (Å²) in [7, 11) is 1.58. The van der Waals surface area contributed by atoms with Crippen molar-refractivity contribution in [3.8, 4) is 0 Å². The molecule has 3 rings (SSSR count). The smallest absolute Gasteiger partial charge is 0.289 e. The number of ether oxygens (including phenoxy) is 1. The third kappa shape index (κ3) is 3.91. The molecule has 6 heteroatoms. The van der Waals surface area contributed by atoms with Gasteiger partial charge in [0.15, 0.2) is 5.76 Å². The molecule has 0 saturated carbocycles. The first-order valence-electron chi connectivity index (χ1n) is 8.31. The maximum absolute atomic E-state index is 12.5. The SMILES string of the molecule is COCc1ccc(C(=O)N2CCN(C(=O)c3ccc(C)cc3)CC2)o1. The van der Waals surface area contributed by atoms with Gasteiger partial charge in [0, 0.05) is 38.9 Å². The van der Waals surface area contributed by atoms with E-state index in [2.05, 4.69) is 0 Å². The van der Waals surface area contributed by atoms with E-state index in [0.717, 1.165) is 5.56 Å². The van der Waals surface area contributed by atoms with Crippen molar-refractivity contribution in [2.45, 2.75) is 13.5 Å². The number of carbonyl (C=O) groups excluding carboxylic acids is 2. The highest BCUT2D eigenvalue weighted by Crippen LogP contribution is 2.15. The molecule has 25 heavy (non-hydrogen) atoms. The van der Waals surface area contributed by atoms with Crippen LogP contribution in [0, 0.1) is 6.92 Å². The van der Waals surface area contributed by atoms with Gasteiger partial charge in [-0.15, -0.1) is 0 Å². The number of hydrogen-bond acceptors (Lipinski definition) is 4. The Labute approximate surface area is 147 Å². The van der Waals surface area contributed by atoms with Crippen LogP contribution in [0.1, 0.15) is 32.2 Å². The second-order valence-corrected chi connectivity index (χ2v) is 6.15. The number of furan rings is 1. The van der Waals surface area contributed by atoms with Crippen LogP contribution in [0.2, 0.25) is 0 Å². The van der Waals surface area contributed by atoms with Crippen molar-refractivity contribution in [2.75, 3.05) is 33.3 Å². The van der Waals surface area contributed by atoms with Crippen LogP contribution in [-0.4, -0.2) is 54.9 Å². The lowest BCUT2D eigenvalue weighted by molar-refractivity contribution is 0.0514. The van der Waals surface area contributed by atoms with Gasteiger partial charge < -0.3 is 19.0 Å². The minimum atomic E-state index is -0.148. The fraction of sp³-hybridized carbons (Fsp3) is 0.368. The van der Waals surface area contributed by atoms with E-state index in [4.69, 9.17) is 9.15 Å². The zero-order chi connectivity index (χ0) is 17.8. The monoisotopic (exact) mass is 342 g/mol. The number of piperazine rings is 1. The third-order valence-electron chi connectivity index (χ3n) is 4.31. The summed E-state index contributed by atoms with van der Waals surface area (Å²) in [5.74, 6) is 0.793. The number of amides is 2. The average Bonchev–Trinajstić information content (AvgIpc) is 3.10. The van der Waals surface area contributed by atoms with Crippen molar-refractivity contribution in [1.29, 1.82) is 0 Å². The molecule has 2 heterocycles. The second kappa shape index (κ2) is 7.53. The van der Waals surface area contributed by atoms with Crippen molar-refractivity contribution in [1.82, 2.24) is 9.80 Å². The van der Waals surface area contributed by atoms with Gasteiger partial charge in [-0.2, -0.15) is 0 Å². The lowest BCUT2D eigenvalue weighted by Gasteiger charge is -2.34. The van der Waals surface area contributed by atoms with Crippen LogP contribution in [0.25, 0.3) is 0 Å². The zero-order valence-corrected chi connectivity index (χ0v) is 14.5. The average molecular weight is 342 g/mol. The molecule has 1 aromatic heterocycles. The molecule has 2 aromatic rings. The molecular weight excluding hydrogens is 320 g/mol. The van der Waals surface area contributed by atoms with Gasteiger partial charge in [-0.25, -0.2) is 0 Å². The highest BCUT2D eigenvalue weighted by molar-refractivity contribution is 5.95. The minimum Gasteiger partial charge on any atom is -0.453 e. The number of aryl methyl sites for hydroxylation is 1. The van der Waals surface area contributed by atoms with E-state index >= 15 is 0 Å². The summed E-state index contributed by atoms with van der Waals surface area (Å²) in [6.45, 7) is 4.36. The van der Waals surface area contributed by atoms with Crippen molar-refractivity contribution < 1.29 is 18.7 Å². The van der Waals surface area contributed by atoms with Gasteiger partial charge in [0.2, 0.25) is 0 Å². The Kier molecular flexibility index (Phi) is 5.19. The Morgan fingerprint density at radius 3 is 2.16 bits per heavy atom. The van der Waals surface area contributed by atoms with E-state index in [1.165, 1.54) is 0 Å². The molecule has 0 bridgehead atoms. The quantitative estimate of drug-likeness (QED) is 0.855. The van der Waals surface area contributed by atoms with Crippen LogP contribution < -0.4 is 0 Å². The summed E-state index contributed by atoms with van der Waals surface area (Å²) in [4.78, 5) is 28.5. The molecule has 1 aliphatic rings. The number of methoxy groups -OCH3 is 1. The van der Waals surface area contributed by atoms with E-state index < -0.39 is 0 Å². The lowest BCUT2D eigenvalue weighted by Crippen LogP contribution is -2.50. The van der Waals surface area contributed by atoms with Gasteiger partial charge in [0.05, 0.1) is 0 Å². The summed E-state index contributed by atoms with van der Waals surface area (Å²) in [6.07, 6.45) is 0. The van der Waals surface area contributed by atoms with Gasteiger partial charge in [0.25, 0.3) is 11.8 Å². The maximum atomic E-state index is 12.5. The van der Waals surface area contributed by atoms with Crippen LogP contribution in [-0.2, 0) is 11.3 Å². The van der Waals surface area contributed by atoms with Gasteiger partial charge in [-0.05, 0) is 31.2 Å². The predicted octanol–water partition coefficient (Wildman–Crippen LogP) is 2.33. The largest absolute Gasteiger partial charge is 0.453 e. The molecule has 1 aromatic carbocycles. The van der Waals surface area contributed by atoms with Gasteiger partial charge in [-0.3, -0.25) is 9.59 Å². The van der Waals surface area contributed by atoms with Gasteiger partial charge in [-0.1, -0.05) is 17.7 Å². The van der Waals surface area contributed by atoms with Crippen LogP contribution in [0.3, 0.4) is 0 Å². The first-order valence-corrected chi connectivity index (χ1v) is 8.31. The molecule has 6 nitrogen and oxygen atoms in total. The van der Waals surface area contributed by atoms with Gasteiger partial charge in [0.1, 0.15) is 12.4 Å². The zero-order valence-electron chi connectivity index (χ0n) is 14.5.